The average molecular weight is 410 g/mol. The SMILES string of the molecule is Cc1cnc(C(=O)NC2COCC[C@@H]2O)cc1Cc1ccc(-n2cccn2)cc1F. The number of hydrogen-bond donors (Lipinski definition) is 2. The van der Waals surface area contributed by atoms with E-state index < -0.39 is 12.1 Å². The van der Waals surface area contributed by atoms with Gasteiger partial charge in [-0.1, -0.05) is 6.07 Å². The molecule has 2 aromatic heterocycles. The number of nitrogens with one attached hydrogen (secondary N) is 1. The zero-order valence-electron chi connectivity index (χ0n) is 16.6. The second-order valence-corrected chi connectivity index (χ2v) is 7.41. The molecule has 3 aromatic rings. The Hall–Kier alpha value is -3.10. The first kappa shape index (κ1) is 20.2. The van der Waals surface area contributed by atoms with Crippen molar-refractivity contribution in [2.24, 2.45) is 0 Å². The fraction of sp³-hybridized carbons (Fsp3) is 0.318. The summed E-state index contributed by atoms with van der Waals surface area (Å²) in [6, 6.07) is 7.95. The molecular formula is C22H23FN4O3. The van der Waals surface area contributed by atoms with Gasteiger partial charge in [0.05, 0.1) is 24.4 Å². The van der Waals surface area contributed by atoms with Gasteiger partial charge in [-0.3, -0.25) is 9.78 Å². The normalized spacial score (nSPS) is 18.9. The van der Waals surface area contributed by atoms with E-state index >= 15 is 0 Å². The van der Waals surface area contributed by atoms with Gasteiger partial charge < -0.3 is 15.2 Å². The highest BCUT2D eigenvalue weighted by atomic mass is 19.1. The quantitative estimate of drug-likeness (QED) is 0.673. The van der Waals surface area contributed by atoms with Crippen molar-refractivity contribution in [3.8, 4) is 5.69 Å². The minimum atomic E-state index is -0.644. The fourth-order valence-corrected chi connectivity index (χ4v) is 3.44. The maximum Gasteiger partial charge on any atom is 0.270 e. The summed E-state index contributed by atoms with van der Waals surface area (Å²) in [5.74, 6) is -0.729. The lowest BCUT2D eigenvalue weighted by molar-refractivity contribution is -0.0140. The van der Waals surface area contributed by atoms with Crippen LogP contribution in [0.2, 0.25) is 0 Å². The number of aliphatic hydroxyl groups is 1. The van der Waals surface area contributed by atoms with Crippen LogP contribution in [0.4, 0.5) is 4.39 Å². The Balaban J connectivity index is 1.51. The average Bonchev–Trinajstić information content (AvgIpc) is 3.27. The Kier molecular flexibility index (Phi) is 5.87. The van der Waals surface area contributed by atoms with E-state index in [1.165, 1.54) is 6.07 Å². The van der Waals surface area contributed by atoms with Crippen LogP contribution in [-0.2, 0) is 11.2 Å². The molecule has 0 saturated carbocycles. The molecule has 8 heteroatoms. The highest BCUT2D eigenvalue weighted by Crippen LogP contribution is 2.20. The number of halogens is 1. The number of hydrogen-bond acceptors (Lipinski definition) is 5. The highest BCUT2D eigenvalue weighted by molar-refractivity contribution is 5.92. The molecule has 0 aliphatic carbocycles. The molecule has 30 heavy (non-hydrogen) atoms. The third-order valence-corrected chi connectivity index (χ3v) is 5.27. The van der Waals surface area contributed by atoms with Gasteiger partial charge in [-0.05, 0) is 54.3 Å². The van der Waals surface area contributed by atoms with E-state index in [1.54, 1.807) is 47.5 Å². The molecule has 4 rings (SSSR count). The van der Waals surface area contributed by atoms with E-state index in [2.05, 4.69) is 15.4 Å². The number of aryl methyl sites for hydroxylation is 1. The van der Waals surface area contributed by atoms with Gasteiger partial charge >= 0.3 is 0 Å². The molecule has 1 aliphatic heterocycles. The van der Waals surface area contributed by atoms with Crippen LogP contribution in [0, 0.1) is 12.7 Å². The summed E-state index contributed by atoms with van der Waals surface area (Å²) < 4.78 is 21.6. The molecule has 156 valence electrons. The van der Waals surface area contributed by atoms with E-state index in [0.717, 1.165) is 11.1 Å². The summed E-state index contributed by atoms with van der Waals surface area (Å²) in [6.45, 7) is 2.61. The first-order valence-electron chi connectivity index (χ1n) is 9.82. The summed E-state index contributed by atoms with van der Waals surface area (Å²) >= 11 is 0. The second-order valence-electron chi connectivity index (χ2n) is 7.41. The second kappa shape index (κ2) is 8.73. The number of ether oxygens (including phenoxy) is 1. The number of aliphatic hydroxyl groups excluding tert-OH is 1. The highest BCUT2D eigenvalue weighted by Gasteiger charge is 2.26. The fourth-order valence-electron chi connectivity index (χ4n) is 3.44. The predicted molar refractivity (Wildman–Crippen MR) is 108 cm³/mol. The monoisotopic (exact) mass is 410 g/mol. The Morgan fingerprint density at radius 1 is 1.37 bits per heavy atom. The number of aromatic nitrogens is 3. The van der Waals surface area contributed by atoms with E-state index in [4.69, 9.17) is 4.74 Å². The van der Waals surface area contributed by atoms with Crippen LogP contribution < -0.4 is 5.32 Å². The molecule has 1 fully saturated rings. The van der Waals surface area contributed by atoms with Crippen molar-refractivity contribution >= 4 is 5.91 Å². The van der Waals surface area contributed by atoms with E-state index in [9.17, 15) is 14.3 Å². The molecule has 1 aromatic carbocycles. The Labute approximate surface area is 173 Å². The van der Waals surface area contributed by atoms with Gasteiger partial charge in [-0.2, -0.15) is 5.10 Å². The maximum atomic E-state index is 14.7. The number of nitrogens with zero attached hydrogens (tertiary/aromatic N) is 3. The van der Waals surface area contributed by atoms with Crippen molar-refractivity contribution in [1.82, 2.24) is 20.1 Å². The van der Waals surface area contributed by atoms with E-state index in [0.29, 0.717) is 30.7 Å². The molecule has 2 atom stereocenters. The molecule has 0 bridgehead atoms. The molecule has 1 aliphatic rings. The standard InChI is InChI=1S/C22H23FN4O3/c1-14-12-24-19(22(29)26-20-13-30-8-5-21(20)28)10-16(14)9-15-3-4-17(11-18(15)23)27-7-2-6-25-27/h2-4,6-7,10-12,20-21,28H,5,8-9,13H2,1H3,(H,26,29)/t20?,21-/m0/s1. The zero-order chi connectivity index (χ0) is 21.1. The van der Waals surface area contributed by atoms with Crippen LogP contribution in [0.5, 0.6) is 0 Å². The number of pyridine rings is 1. The maximum absolute atomic E-state index is 14.7. The summed E-state index contributed by atoms with van der Waals surface area (Å²) in [4.78, 5) is 16.8. The van der Waals surface area contributed by atoms with E-state index in [1.807, 2.05) is 6.92 Å². The molecule has 3 heterocycles. The molecule has 1 unspecified atom stereocenters. The van der Waals surface area contributed by atoms with Crippen LogP contribution >= 0.6 is 0 Å². The van der Waals surface area contributed by atoms with Gasteiger partial charge in [0.25, 0.3) is 5.91 Å². The molecular weight excluding hydrogens is 387 g/mol. The Morgan fingerprint density at radius 2 is 2.23 bits per heavy atom. The van der Waals surface area contributed by atoms with Gasteiger partial charge in [0.2, 0.25) is 0 Å². The van der Waals surface area contributed by atoms with Gasteiger partial charge in [0.15, 0.2) is 0 Å². The lowest BCUT2D eigenvalue weighted by Crippen LogP contribution is -2.49. The number of benzene rings is 1. The smallest absolute Gasteiger partial charge is 0.270 e. The number of rotatable bonds is 5. The first-order valence-corrected chi connectivity index (χ1v) is 9.82. The van der Waals surface area contributed by atoms with Crippen molar-refractivity contribution in [3.05, 3.63) is 77.1 Å². The van der Waals surface area contributed by atoms with Crippen molar-refractivity contribution in [3.63, 3.8) is 0 Å². The number of amides is 1. The van der Waals surface area contributed by atoms with Crippen LogP contribution in [0.15, 0.2) is 48.9 Å². The Morgan fingerprint density at radius 3 is 2.97 bits per heavy atom. The molecule has 0 spiro atoms. The predicted octanol–water partition coefficient (Wildman–Crippen LogP) is 2.19. The van der Waals surface area contributed by atoms with Crippen molar-refractivity contribution in [2.75, 3.05) is 13.2 Å². The minimum absolute atomic E-state index is 0.224. The summed E-state index contributed by atoms with van der Waals surface area (Å²) in [5.41, 5.74) is 3.05. The molecule has 1 saturated heterocycles. The van der Waals surface area contributed by atoms with Crippen molar-refractivity contribution in [2.45, 2.75) is 31.9 Å². The van der Waals surface area contributed by atoms with Crippen LogP contribution in [0.1, 0.15) is 33.6 Å². The molecule has 2 N–H and O–H groups in total. The Bertz CT molecular complexity index is 1040. The van der Waals surface area contributed by atoms with Gasteiger partial charge in [0.1, 0.15) is 11.5 Å². The number of carbonyl (C=O) groups is 1. The van der Waals surface area contributed by atoms with Gasteiger partial charge in [-0.25, -0.2) is 9.07 Å². The lowest BCUT2D eigenvalue weighted by Gasteiger charge is -2.28. The van der Waals surface area contributed by atoms with Crippen molar-refractivity contribution < 1.29 is 19.0 Å². The van der Waals surface area contributed by atoms with Gasteiger partial charge in [0, 0.05) is 31.6 Å². The topological polar surface area (TPSA) is 89.3 Å². The lowest BCUT2D eigenvalue weighted by atomic mass is 10.00. The largest absolute Gasteiger partial charge is 0.391 e. The molecule has 7 nitrogen and oxygen atoms in total. The van der Waals surface area contributed by atoms with E-state index in [-0.39, 0.29) is 24.0 Å². The first-order chi connectivity index (χ1) is 14.5. The van der Waals surface area contributed by atoms with Crippen LogP contribution in [-0.4, -0.2) is 51.1 Å². The summed E-state index contributed by atoms with van der Waals surface area (Å²) in [5, 5.41) is 16.9. The van der Waals surface area contributed by atoms with Crippen LogP contribution in [0.25, 0.3) is 5.69 Å². The molecule has 0 radical (unpaired) electrons. The number of carbonyl (C=O) groups excluding carboxylic acids is 1. The van der Waals surface area contributed by atoms with Crippen molar-refractivity contribution in [1.29, 1.82) is 0 Å². The summed E-state index contributed by atoms with van der Waals surface area (Å²) in [6.07, 6.45) is 5.15. The third-order valence-electron chi connectivity index (χ3n) is 5.27. The van der Waals surface area contributed by atoms with Crippen LogP contribution in [0.3, 0.4) is 0 Å². The third kappa shape index (κ3) is 4.39. The van der Waals surface area contributed by atoms with Gasteiger partial charge in [-0.15, -0.1) is 0 Å². The zero-order valence-corrected chi connectivity index (χ0v) is 16.6. The summed E-state index contributed by atoms with van der Waals surface area (Å²) in [7, 11) is 0. The minimum Gasteiger partial charge on any atom is -0.391 e. The molecule has 1 amide bonds.